The SMILES string of the molecule is CC(C)OC(=O)[C@@H](C)N[P@](=O)(OC[C@H]1O[C@@H](n2cnc3c(N(C)C)nc(N)nc32)[C@](C)(O)[C@@H]1O)Oc1ccccc1. The Morgan fingerprint density at radius 3 is 2.59 bits per heavy atom. The number of benzene rings is 1. The fraction of sp³-hybridized carbons (Fsp3) is 0.520. The number of anilines is 2. The number of imidazole rings is 1. The Kier molecular flexibility index (Phi) is 8.87. The van der Waals surface area contributed by atoms with Crippen LogP contribution in [0.2, 0.25) is 0 Å². The minimum atomic E-state index is -4.24. The maximum absolute atomic E-state index is 13.8. The van der Waals surface area contributed by atoms with Gasteiger partial charge in [-0.05, 0) is 39.8 Å². The van der Waals surface area contributed by atoms with Gasteiger partial charge in [0.2, 0.25) is 5.95 Å². The van der Waals surface area contributed by atoms with Gasteiger partial charge in [-0.1, -0.05) is 18.2 Å². The highest BCUT2D eigenvalue weighted by Gasteiger charge is 2.54. The number of fused-ring (bicyclic) bond motifs is 1. The molecule has 15 nitrogen and oxygen atoms in total. The molecule has 41 heavy (non-hydrogen) atoms. The van der Waals surface area contributed by atoms with Crippen LogP contribution in [0.15, 0.2) is 36.7 Å². The summed E-state index contributed by atoms with van der Waals surface area (Å²) in [5.74, 6) is -0.00827. The van der Waals surface area contributed by atoms with Gasteiger partial charge in [-0.25, -0.2) is 9.55 Å². The van der Waals surface area contributed by atoms with Crippen LogP contribution in [0.3, 0.4) is 0 Å². The Labute approximate surface area is 237 Å². The molecule has 1 aliphatic rings. The van der Waals surface area contributed by atoms with Gasteiger partial charge in [-0.15, -0.1) is 0 Å². The van der Waals surface area contributed by atoms with Crippen molar-refractivity contribution >= 4 is 36.6 Å². The lowest BCUT2D eigenvalue weighted by Crippen LogP contribution is -2.44. The topological polar surface area (TPSA) is 196 Å². The van der Waals surface area contributed by atoms with Crippen LogP contribution < -0.4 is 20.2 Å². The number of nitrogen functional groups attached to an aromatic ring is 1. The van der Waals surface area contributed by atoms with Crippen molar-refractivity contribution in [2.45, 2.75) is 63.9 Å². The number of rotatable bonds is 11. The number of carbonyl (C=O) groups is 1. The van der Waals surface area contributed by atoms with Crippen molar-refractivity contribution in [3.63, 3.8) is 0 Å². The van der Waals surface area contributed by atoms with Crippen molar-refractivity contribution in [2.24, 2.45) is 0 Å². The molecule has 0 saturated carbocycles. The van der Waals surface area contributed by atoms with Crippen LogP contribution in [0.4, 0.5) is 11.8 Å². The lowest BCUT2D eigenvalue weighted by Gasteiger charge is -2.27. The van der Waals surface area contributed by atoms with Gasteiger partial charge >= 0.3 is 13.7 Å². The van der Waals surface area contributed by atoms with Crippen LogP contribution in [0.1, 0.15) is 33.9 Å². The fourth-order valence-electron chi connectivity index (χ4n) is 4.29. The fourth-order valence-corrected chi connectivity index (χ4v) is 5.79. The largest absolute Gasteiger partial charge is 0.462 e. The van der Waals surface area contributed by atoms with Crippen LogP contribution in [0.5, 0.6) is 5.75 Å². The summed E-state index contributed by atoms with van der Waals surface area (Å²) < 4.78 is 37.8. The second-order valence-electron chi connectivity index (χ2n) is 10.4. The first kappa shape index (κ1) is 30.6. The number of para-hydroxylation sites is 1. The molecule has 16 heteroatoms. The second-order valence-corrected chi connectivity index (χ2v) is 12.0. The van der Waals surface area contributed by atoms with Crippen molar-refractivity contribution in [2.75, 3.05) is 31.3 Å². The van der Waals surface area contributed by atoms with Crippen LogP contribution in [0.25, 0.3) is 11.2 Å². The lowest BCUT2D eigenvalue weighted by molar-refractivity contribution is -0.149. The molecule has 1 aromatic carbocycles. The van der Waals surface area contributed by atoms with E-state index in [0.29, 0.717) is 11.3 Å². The van der Waals surface area contributed by atoms with E-state index in [9.17, 15) is 19.6 Å². The van der Waals surface area contributed by atoms with Crippen molar-refractivity contribution < 1.29 is 38.1 Å². The molecule has 3 aromatic rings. The van der Waals surface area contributed by atoms with E-state index in [2.05, 4.69) is 20.0 Å². The first-order valence-corrected chi connectivity index (χ1v) is 14.5. The van der Waals surface area contributed by atoms with E-state index in [1.54, 1.807) is 63.2 Å². The van der Waals surface area contributed by atoms with Crippen LogP contribution >= 0.6 is 7.75 Å². The molecule has 224 valence electrons. The van der Waals surface area contributed by atoms with Crippen LogP contribution in [0, 0.1) is 0 Å². The molecule has 0 aliphatic carbocycles. The number of ether oxygens (including phenoxy) is 2. The molecular weight excluding hydrogens is 557 g/mol. The lowest BCUT2D eigenvalue weighted by atomic mass is 9.96. The van der Waals surface area contributed by atoms with E-state index in [4.69, 9.17) is 24.3 Å². The van der Waals surface area contributed by atoms with Crippen molar-refractivity contribution in [1.82, 2.24) is 24.6 Å². The van der Waals surface area contributed by atoms with Crippen LogP contribution in [-0.4, -0.2) is 86.4 Å². The molecule has 6 atom stereocenters. The summed E-state index contributed by atoms with van der Waals surface area (Å²) in [7, 11) is -0.703. The summed E-state index contributed by atoms with van der Waals surface area (Å²) in [5.41, 5.74) is 4.74. The quantitative estimate of drug-likeness (QED) is 0.185. The highest BCUT2D eigenvalue weighted by Crippen LogP contribution is 2.47. The molecule has 0 bridgehead atoms. The molecule has 2 aromatic heterocycles. The number of nitrogens with two attached hydrogens (primary N) is 1. The number of hydrogen-bond acceptors (Lipinski definition) is 13. The van der Waals surface area contributed by atoms with Crippen molar-refractivity contribution in [3.05, 3.63) is 36.7 Å². The third-order valence-electron chi connectivity index (χ3n) is 6.29. The number of aliphatic hydroxyl groups excluding tert-OH is 1. The number of aromatic nitrogens is 4. The Hall–Kier alpha value is -3.33. The molecule has 0 radical (unpaired) electrons. The van der Waals surface area contributed by atoms with Gasteiger partial charge in [-0.2, -0.15) is 15.1 Å². The van der Waals surface area contributed by atoms with Crippen molar-refractivity contribution in [3.8, 4) is 5.75 Å². The summed E-state index contributed by atoms with van der Waals surface area (Å²) in [6.45, 7) is 5.73. The normalized spacial score (nSPS) is 24.8. The van der Waals surface area contributed by atoms with E-state index in [-0.39, 0.29) is 17.3 Å². The zero-order chi connectivity index (χ0) is 30.1. The third kappa shape index (κ3) is 6.61. The predicted octanol–water partition coefficient (Wildman–Crippen LogP) is 1.62. The zero-order valence-corrected chi connectivity index (χ0v) is 24.6. The summed E-state index contributed by atoms with van der Waals surface area (Å²) in [6.07, 6.45) is -2.84. The molecule has 5 N–H and O–H groups in total. The van der Waals surface area contributed by atoms with E-state index < -0.39 is 56.5 Å². The molecule has 3 heterocycles. The first-order valence-electron chi connectivity index (χ1n) is 12.9. The first-order chi connectivity index (χ1) is 19.2. The smallest absolute Gasteiger partial charge is 0.459 e. The molecule has 1 fully saturated rings. The Morgan fingerprint density at radius 1 is 1.27 bits per heavy atom. The van der Waals surface area contributed by atoms with E-state index in [1.807, 2.05) is 0 Å². The Bertz CT molecular complexity index is 1420. The van der Waals surface area contributed by atoms with E-state index in [1.165, 1.54) is 24.7 Å². The number of nitrogens with zero attached hydrogens (tertiary/aromatic N) is 5. The van der Waals surface area contributed by atoms with Gasteiger partial charge in [0.15, 0.2) is 23.2 Å². The van der Waals surface area contributed by atoms with Gasteiger partial charge < -0.3 is 34.8 Å². The van der Waals surface area contributed by atoms with Gasteiger partial charge in [0.1, 0.15) is 29.6 Å². The molecule has 0 spiro atoms. The predicted molar refractivity (Wildman–Crippen MR) is 149 cm³/mol. The van der Waals surface area contributed by atoms with E-state index >= 15 is 0 Å². The summed E-state index contributed by atoms with van der Waals surface area (Å²) >= 11 is 0. The number of carbonyl (C=O) groups excluding carboxylic acids is 1. The Balaban J connectivity index is 1.57. The average molecular weight is 594 g/mol. The van der Waals surface area contributed by atoms with E-state index in [0.717, 1.165) is 0 Å². The number of hydrogen-bond donors (Lipinski definition) is 4. The zero-order valence-electron chi connectivity index (χ0n) is 23.7. The maximum atomic E-state index is 13.8. The molecule has 0 unspecified atom stereocenters. The molecule has 4 rings (SSSR count). The van der Waals surface area contributed by atoms with Gasteiger partial charge in [0.25, 0.3) is 0 Å². The third-order valence-corrected chi connectivity index (χ3v) is 7.93. The number of aliphatic hydroxyl groups is 2. The molecule has 0 amide bonds. The number of esters is 1. The Morgan fingerprint density at radius 2 is 1.95 bits per heavy atom. The molecule has 1 saturated heterocycles. The van der Waals surface area contributed by atoms with Gasteiger partial charge in [0, 0.05) is 14.1 Å². The monoisotopic (exact) mass is 593 g/mol. The van der Waals surface area contributed by atoms with Crippen LogP contribution in [-0.2, 0) is 23.4 Å². The number of nitrogens with one attached hydrogen (secondary N) is 1. The maximum Gasteiger partial charge on any atom is 0.459 e. The summed E-state index contributed by atoms with van der Waals surface area (Å²) in [4.78, 5) is 27.0. The van der Waals surface area contributed by atoms with Crippen molar-refractivity contribution in [1.29, 1.82) is 0 Å². The summed E-state index contributed by atoms with van der Waals surface area (Å²) in [5, 5.41) is 24.9. The van der Waals surface area contributed by atoms with Gasteiger partial charge in [-0.3, -0.25) is 13.9 Å². The minimum Gasteiger partial charge on any atom is -0.462 e. The summed E-state index contributed by atoms with van der Waals surface area (Å²) in [6, 6.07) is 7.17. The molecular formula is C25H36N7O8P. The highest BCUT2D eigenvalue weighted by atomic mass is 31.2. The van der Waals surface area contributed by atoms with Gasteiger partial charge in [0.05, 0.1) is 19.0 Å². The average Bonchev–Trinajstić information content (AvgIpc) is 3.40. The molecule has 1 aliphatic heterocycles. The standard InChI is InChI=1S/C25H36N7O8P/c1-14(2)38-22(34)15(3)30-41(36,40-16-10-8-7-9-11-16)37-12-17-19(33)25(4,35)23(39-17)32-13-27-18-20(31(5)6)28-24(26)29-21(18)32/h7-11,13-15,17,19,23,33,35H,12H2,1-6H3,(H,30,36)(H2,26,28,29)/t15-,17-,19-,23-,25-,41+/m1/s1. The second kappa shape index (κ2) is 11.9. The minimum absolute atomic E-state index is 0.0174. The highest BCUT2D eigenvalue weighted by molar-refractivity contribution is 7.52.